The summed E-state index contributed by atoms with van der Waals surface area (Å²) in [5.41, 5.74) is 4.43. The summed E-state index contributed by atoms with van der Waals surface area (Å²) in [5.74, 6) is 0.545. The van der Waals surface area contributed by atoms with Gasteiger partial charge in [0.05, 0.1) is 0 Å². The second-order valence-corrected chi connectivity index (χ2v) is 8.36. The van der Waals surface area contributed by atoms with Crippen molar-refractivity contribution in [3.63, 3.8) is 0 Å². The first-order valence-electron chi connectivity index (χ1n) is 11.2. The first-order valence-corrected chi connectivity index (χ1v) is 11.2. The average Bonchev–Trinajstić information content (AvgIpc) is 2.81. The summed E-state index contributed by atoms with van der Waals surface area (Å²) in [6.45, 7) is 8.86. The average molecular weight is 430 g/mol. The van der Waals surface area contributed by atoms with E-state index in [0.29, 0.717) is 5.75 Å². The van der Waals surface area contributed by atoms with Gasteiger partial charge in [-0.05, 0) is 61.4 Å². The lowest BCUT2D eigenvalue weighted by atomic mass is 10.2. The molecule has 1 aliphatic heterocycles. The number of hydrogen-bond acceptors (Lipinski definition) is 4. The molecule has 0 radical (unpaired) electrons. The molecule has 1 atom stereocenters. The van der Waals surface area contributed by atoms with Gasteiger partial charge >= 0.3 is 0 Å². The highest BCUT2D eigenvalue weighted by molar-refractivity contribution is 5.94. The van der Waals surface area contributed by atoms with E-state index in [-0.39, 0.29) is 5.91 Å². The van der Waals surface area contributed by atoms with Crippen LogP contribution < -0.4 is 15.0 Å². The van der Waals surface area contributed by atoms with Gasteiger partial charge in [0.25, 0.3) is 5.91 Å². The molecule has 3 aromatic rings. The van der Waals surface area contributed by atoms with Gasteiger partial charge in [0.2, 0.25) is 0 Å². The molecule has 5 heteroatoms. The van der Waals surface area contributed by atoms with Crippen LogP contribution in [-0.2, 0) is 11.3 Å². The molecule has 1 heterocycles. The monoisotopic (exact) mass is 429 g/mol. The molecule has 1 fully saturated rings. The standard InChI is InChI=1S/C27H31N3O2/c1-21-7-6-10-26(19-21)32-22(2)27(31)28-24-11-13-25(14-12-24)30-17-15-29(16-18-30)20-23-8-4-3-5-9-23/h3-14,19,22H,15-18,20H2,1-2H3,(H,28,31). The number of rotatable bonds is 7. The Kier molecular flexibility index (Phi) is 7.07. The number of ether oxygens (including phenoxy) is 1. The maximum Gasteiger partial charge on any atom is 0.265 e. The van der Waals surface area contributed by atoms with E-state index in [4.69, 9.17) is 4.74 Å². The van der Waals surface area contributed by atoms with Crippen LogP contribution in [0.4, 0.5) is 11.4 Å². The zero-order chi connectivity index (χ0) is 22.3. The number of nitrogens with one attached hydrogen (secondary N) is 1. The minimum Gasteiger partial charge on any atom is -0.481 e. The van der Waals surface area contributed by atoms with Gasteiger partial charge in [-0.3, -0.25) is 9.69 Å². The van der Waals surface area contributed by atoms with Crippen LogP contribution in [0.3, 0.4) is 0 Å². The van der Waals surface area contributed by atoms with Crippen molar-refractivity contribution in [3.8, 4) is 5.75 Å². The summed E-state index contributed by atoms with van der Waals surface area (Å²) in [5, 5.41) is 2.95. The predicted octanol–water partition coefficient (Wildman–Crippen LogP) is 4.72. The van der Waals surface area contributed by atoms with Crippen LogP contribution in [0.15, 0.2) is 78.9 Å². The molecular formula is C27H31N3O2. The van der Waals surface area contributed by atoms with E-state index < -0.39 is 6.10 Å². The first-order chi connectivity index (χ1) is 15.6. The summed E-state index contributed by atoms with van der Waals surface area (Å²) < 4.78 is 5.78. The molecule has 1 saturated heterocycles. The van der Waals surface area contributed by atoms with Gasteiger partial charge in [-0.25, -0.2) is 0 Å². The number of carbonyl (C=O) groups is 1. The Labute approximate surface area is 190 Å². The molecule has 4 rings (SSSR count). The van der Waals surface area contributed by atoms with Gasteiger partial charge < -0.3 is 15.0 Å². The van der Waals surface area contributed by atoms with E-state index in [1.54, 1.807) is 6.92 Å². The minimum absolute atomic E-state index is 0.159. The molecule has 0 spiro atoms. The molecule has 0 saturated carbocycles. The van der Waals surface area contributed by atoms with Crippen molar-refractivity contribution in [2.75, 3.05) is 36.4 Å². The lowest BCUT2D eigenvalue weighted by molar-refractivity contribution is -0.122. The molecule has 1 unspecified atom stereocenters. The molecule has 0 aliphatic carbocycles. The summed E-state index contributed by atoms with van der Waals surface area (Å²) >= 11 is 0. The molecule has 5 nitrogen and oxygen atoms in total. The zero-order valence-corrected chi connectivity index (χ0v) is 18.8. The van der Waals surface area contributed by atoms with Crippen LogP contribution in [0.2, 0.25) is 0 Å². The Hall–Kier alpha value is -3.31. The molecule has 32 heavy (non-hydrogen) atoms. The molecule has 1 N–H and O–H groups in total. The van der Waals surface area contributed by atoms with Gasteiger partial charge in [0, 0.05) is 44.1 Å². The Bertz CT molecular complexity index is 1010. The van der Waals surface area contributed by atoms with Crippen LogP contribution in [0.5, 0.6) is 5.75 Å². The molecule has 166 valence electrons. The van der Waals surface area contributed by atoms with Crippen molar-refractivity contribution in [2.45, 2.75) is 26.5 Å². The van der Waals surface area contributed by atoms with Crippen molar-refractivity contribution in [1.29, 1.82) is 0 Å². The van der Waals surface area contributed by atoms with Crippen molar-refractivity contribution in [1.82, 2.24) is 4.90 Å². The second-order valence-electron chi connectivity index (χ2n) is 8.36. The van der Waals surface area contributed by atoms with E-state index in [1.165, 1.54) is 11.3 Å². The number of carbonyl (C=O) groups excluding carboxylic acids is 1. The summed E-state index contributed by atoms with van der Waals surface area (Å²) in [7, 11) is 0. The van der Waals surface area contributed by atoms with E-state index in [0.717, 1.165) is 44.0 Å². The normalized spacial score (nSPS) is 15.2. The summed E-state index contributed by atoms with van der Waals surface area (Å²) in [6, 6.07) is 26.4. The first kappa shape index (κ1) is 21.9. The van der Waals surface area contributed by atoms with E-state index in [9.17, 15) is 4.79 Å². The van der Waals surface area contributed by atoms with Gasteiger partial charge in [-0.15, -0.1) is 0 Å². The molecule has 0 bridgehead atoms. The van der Waals surface area contributed by atoms with Gasteiger partial charge in [-0.1, -0.05) is 42.5 Å². The highest BCUT2D eigenvalue weighted by Gasteiger charge is 2.18. The number of nitrogens with zero attached hydrogens (tertiary/aromatic N) is 2. The lowest BCUT2D eigenvalue weighted by Gasteiger charge is -2.36. The van der Waals surface area contributed by atoms with E-state index >= 15 is 0 Å². The smallest absolute Gasteiger partial charge is 0.265 e. The fourth-order valence-electron chi connectivity index (χ4n) is 3.95. The fourth-order valence-corrected chi connectivity index (χ4v) is 3.95. The molecule has 1 amide bonds. The van der Waals surface area contributed by atoms with Crippen LogP contribution in [0.1, 0.15) is 18.1 Å². The molecule has 1 aliphatic rings. The van der Waals surface area contributed by atoms with Gasteiger partial charge in [0.15, 0.2) is 6.10 Å². The second kappa shape index (κ2) is 10.3. The fraction of sp³-hybridized carbons (Fsp3) is 0.296. The molecule has 3 aromatic carbocycles. The lowest BCUT2D eigenvalue weighted by Crippen LogP contribution is -2.45. The maximum absolute atomic E-state index is 12.5. The summed E-state index contributed by atoms with van der Waals surface area (Å²) in [4.78, 5) is 17.4. The number of piperazine rings is 1. The number of hydrogen-bond donors (Lipinski definition) is 1. The van der Waals surface area contributed by atoms with Gasteiger partial charge in [0.1, 0.15) is 5.75 Å². The number of amides is 1. The van der Waals surface area contributed by atoms with Crippen LogP contribution in [0.25, 0.3) is 0 Å². The van der Waals surface area contributed by atoms with Crippen molar-refractivity contribution in [2.24, 2.45) is 0 Å². The highest BCUT2D eigenvalue weighted by Crippen LogP contribution is 2.21. The van der Waals surface area contributed by atoms with Crippen molar-refractivity contribution >= 4 is 17.3 Å². The largest absolute Gasteiger partial charge is 0.481 e. The maximum atomic E-state index is 12.5. The summed E-state index contributed by atoms with van der Waals surface area (Å²) in [6.07, 6.45) is -0.575. The number of aryl methyl sites for hydroxylation is 1. The highest BCUT2D eigenvalue weighted by atomic mass is 16.5. The Morgan fingerprint density at radius 2 is 1.66 bits per heavy atom. The van der Waals surface area contributed by atoms with Crippen LogP contribution in [-0.4, -0.2) is 43.1 Å². The molecular weight excluding hydrogens is 398 g/mol. The Morgan fingerprint density at radius 1 is 0.938 bits per heavy atom. The van der Waals surface area contributed by atoms with E-state index in [2.05, 4.69) is 57.6 Å². The third kappa shape index (κ3) is 5.89. The number of anilines is 2. The zero-order valence-electron chi connectivity index (χ0n) is 18.8. The van der Waals surface area contributed by atoms with Gasteiger partial charge in [-0.2, -0.15) is 0 Å². The van der Waals surface area contributed by atoms with Crippen molar-refractivity contribution < 1.29 is 9.53 Å². The third-order valence-electron chi connectivity index (χ3n) is 5.79. The number of benzene rings is 3. The van der Waals surface area contributed by atoms with Crippen LogP contribution in [0, 0.1) is 6.92 Å². The minimum atomic E-state index is -0.575. The Morgan fingerprint density at radius 3 is 2.34 bits per heavy atom. The van der Waals surface area contributed by atoms with E-state index in [1.807, 2.05) is 43.3 Å². The topological polar surface area (TPSA) is 44.8 Å². The predicted molar refractivity (Wildman–Crippen MR) is 130 cm³/mol. The SMILES string of the molecule is Cc1cccc(OC(C)C(=O)Nc2ccc(N3CCN(Cc4ccccc4)CC3)cc2)c1. The third-order valence-corrected chi connectivity index (χ3v) is 5.79. The van der Waals surface area contributed by atoms with Crippen LogP contribution >= 0.6 is 0 Å². The Balaban J connectivity index is 1.26. The van der Waals surface area contributed by atoms with Crippen molar-refractivity contribution in [3.05, 3.63) is 90.0 Å². The quantitative estimate of drug-likeness (QED) is 0.590. The molecule has 0 aromatic heterocycles.